The van der Waals surface area contributed by atoms with Gasteiger partial charge in [-0.3, -0.25) is 0 Å². The summed E-state index contributed by atoms with van der Waals surface area (Å²) in [6, 6.07) is 3.24. The van der Waals surface area contributed by atoms with Crippen LogP contribution in [0.1, 0.15) is 17.8 Å². The second kappa shape index (κ2) is 4.08. The molecule has 0 aliphatic heterocycles. The largest absolute Gasteiger partial charge is 0.325 e. The highest BCUT2D eigenvalue weighted by Gasteiger charge is 2.13. The standard InChI is InChI=1S/C7H7F2IN2/c8-7(9)6-5(10)2-1-4(3-11)12-6/h1-2,7H,3,11H2. The molecule has 1 heterocycles. The third-order valence-corrected chi connectivity index (χ3v) is 2.26. The van der Waals surface area contributed by atoms with Gasteiger partial charge in [-0.25, -0.2) is 13.8 Å². The zero-order chi connectivity index (χ0) is 9.14. The maximum absolute atomic E-state index is 12.2. The average Bonchev–Trinajstić information content (AvgIpc) is 2.05. The predicted molar refractivity (Wildman–Crippen MR) is 49.8 cm³/mol. The van der Waals surface area contributed by atoms with Crippen molar-refractivity contribution in [2.24, 2.45) is 5.73 Å². The van der Waals surface area contributed by atoms with Gasteiger partial charge in [-0.05, 0) is 34.7 Å². The molecule has 2 nitrogen and oxygen atoms in total. The van der Waals surface area contributed by atoms with Crippen LogP contribution in [0.2, 0.25) is 0 Å². The number of halogens is 3. The molecule has 0 bridgehead atoms. The normalized spacial score (nSPS) is 10.8. The van der Waals surface area contributed by atoms with Gasteiger partial charge in [0.25, 0.3) is 6.43 Å². The van der Waals surface area contributed by atoms with Crippen molar-refractivity contribution in [1.82, 2.24) is 4.98 Å². The Labute approximate surface area is 82.3 Å². The summed E-state index contributed by atoms with van der Waals surface area (Å²) in [7, 11) is 0. The Bertz CT molecular complexity index is 278. The number of hydrogen-bond acceptors (Lipinski definition) is 2. The maximum atomic E-state index is 12.2. The molecule has 0 spiro atoms. The van der Waals surface area contributed by atoms with Crippen LogP contribution in [-0.4, -0.2) is 4.98 Å². The lowest BCUT2D eigenvalue weighted by molar-refractivity contribution is 0.144. The van der Waals surface area contributed by atoms with E-state index >= 15 is 0 Å². The molecule has 1 aromatic rings. The minimum absolute atomic E-state index is 0.182. The highest BCUT2D eigenvalue weighted by Crippen LogP contribution is 2.22. The van der Waals surface area contributed by atoms with Gasteiger partial charge >= 0.3 is 0 Å². The van der Waals surface area contributed by atoms with E-state index in [9.17, 15) is 8.78 Å². The Hall–Kier alpha value is -0.300. The second-order valence-corrected chi connectivity index (χ2v) is 3.34. The molecule has 0 unspecified atom stereocenters. The zero-order valence-corrected chi connectivity index (χ0v) is 8.26. The molecule has 0 radical (unpaired) electrons. The van der Waals surface area contributed by atoms with Crippen molar-refractivity contribution in [2.45, 2.75) is 13.0 Å². The molecule has 0 saturated heterocycles. The fraction of sp³-hybridized carbons (Fsp3) is 0.286. The van der Waals surface area contributed by atoms with E-state index in [1.165, 1.54) is 0 Å². The number of nitrogens with zero attached hydrogens (tertiary/aromatic N) is 1. The fourth-order valence-electron chi connectivity index (χ4n) is 0.767. The summed E-state index contributed by atoms with van der Waals surface area (Å²) < 4.78 is 24.9. The summed E-state index contributed by atoms with van der Waals surface area (Å²) in [5.41, 5.74) is 5.57. The molecule has 0 saturated carbocycles. The van der Waals surface area contributed by atoms with Crippen molar-refractivity contribution in [3.8, 4) is 0 Å². The van der Waals surface area contributed by atoms with Crippen molar-refractivity contribution >= 4 is 22.6 Å². The smallest absolute Gasteiger partial charge is 0.281 e. The first kappa shape index (κ1) is 9.79. The summed E-state index contributed by atoms with van der Waals surface area (Å²) in [5, 5.41) is 0. The van der Waals surface area contributed by atoms with Crippen molar-refractivity contribution in [1.29, 1.82) is 0 Å². The van der Waals surface area contributed by atoms with E-state index in [-0.39, 0.29) is 12.2 Å². The minimum Gasteiger partial charge on any atom is -0.325 e. The van der Waals surface area contributed by atoms with Crippen LogP contribution in [0.5, 0.6) is 0 Å². The van der Waals surface area contributed by atoms with E-state index in [4.69, 9.17) is 5.73 Å². The molecule has 0 fully saturated rings. The topological polar surface area (TPSA) is 38.9 Å². The Kier molecular flexibility index (Phi) is 3.33. The van der Waals surface area contributed by atoms with Crippen LogP contribution in [0, 0.1) is 3.57 Å². The number of alkyl halides is 2. The quantitative estimate of drug-likeness (QED) is 0.844. The summed E-state index contributed by atoms with van der Waals surface area (Å²) >= 11 is 1.83. The van der Waals surface area contributed by atoms with Crippen molar-refractivity contribution in [3.05, 3.63) is 27.1 Å². The number of rotatable bonds is 2. The van der Waals surface area contributed by atoms with Crippen LogP contribution in [0.25, 0.3) is 0 Å². The van der Waals surface area contributed by atoms with Gasteiger partial charge in [-0.15, -0.1) is 0 Å². The fourth-order valence-corrected chi connectivity index (χ4v) is 1.30. The van der Waals surface area contributed by atoms with Gasteiger partial charge in [-0.2, -0.15) is 0 Å². The second-order valence-electron chi connectivity index (χ2n) is 2.17. The Morgan fingerprint density at radius 1 is 1.50 bits per heavy atom. The summed E-state index contributed by atoms with van der Waals surface area (Å²) in [6.45, 7) is 0.191. The molecule has 12 heavy (non-hydrogen) atoms. The van der Waals surface area contributed by atoms with Gasteiger partial charge in [0.15, 0.2) is 0 Å². The first-order valence-electron chi connectivity index (χ1n) is 3.28. The first-order chi connectivity index (χ1) is 5.65. The summed E-state index contributed by atoms with van der Waals surface area (Å²) in [5.74, 6) is 0. The molecular formula is C7H7F2IN2. The molecule has 1 rings (SSSR count). The lowest BCUT2D eigenvalue weighted by Gasteiger charge is -2.03. The van der Waals surface area contributed by atoms with Gasteiger partial charge in [-0.1, -0.05) is 0 Å². The molecular weight excluding hydrogens is 277 g/mol. The number of hydrogen-bond donors (Lipinski definition) is 1. The van der Waals surface area contributed by atoms with E-state index in [1.54, 1.807) is 12.1 Å². The van der Waals surface area contributed by atoms with Crippen LogP contribution in [-0.2, 0) is 6.54 Å². The molecule has 66 valence electrons. The molecule has 5 heteroatoms. The Morgan fingerprint density at radius 3 is 2.67 bits per heavy atom. The molecule has 0 aliphatic rings. The van der Waals surface area contributed by atoms with Crippen LogP contribution in [0.15, 0.2) is 12.1 Å². The highest BCUT2D eigenvalue weighted by atomic mass is 127. The predicted octanol–water partition coefficient (Wildman–Crippen LogP) is 2.08. The van der Waals surface area contributed by atoms with Crippen LogP contribution < -0.4 is 5.73 Å². The van der Waals surface area contributed by atoms with E-state index in [1.807, 2.05) is 22.6 Å². The number of nitrogens with two attached hydrogens (primary N) is 1. The van der Waals surface area contributed by atoms with Gasteiger partial charge in [0.1, 0.15) is 5.69 Å². The lowest BCUT2D eigenvalue weighted by atomic mass is 10.3. The zero-order valence-electron chi connectivity index (χ0n) is 6.10. The summed E-state index contributed by atoms with van der Waals surface area (Å²) in [4.78, 5) is 3.71. The SMILES string of the molecule is NCc1ccc(I)c(C(F)F)n1. The van der Waals surface area contributed by atoms with E-state index in [0.717, 1.165) is 0 Å². The lowest BCUT2D eigenvalue weighted by Crippen LogP contribution is -2.03. The molecule has 2 N–H and O–H groups in total. The molecule has 0 amide bonds. The summed E-state index contributed by atoms with van der Waals surface area (Å²) in [6.07, 6.45) is -2.52. The highest BCUT2D eigenvalue weighted by molar-refractivity contribution is 14.1. The number of pyridine rings is 1. The Balaban J connectivity index is 3.08. The number of aromatic nitrogens is 1. The monoisotopic (exact) mass is 284 g/mol. The van der Waals surface area contributed by atoms with Crippen LogP contribution in [0.4, 0.5) is 8.78 Å². The van der Waals surface area contributed by atoms with E-state index in [0.29, 0.717) is 9.26 Å². The van der Waals surface area contributed by atoms with Gasteiger partial charge in [0.05, 0.1) is 5.69 Å². The van der Waals surface area contributed by atoms with E-state index in [2.05, 4.69) is 4.98 Å². The van der Waals surface area contributed by atoms with Crippen LogP contribution >= 0.6 is 22.6 Å². The average molecular weight is 284 g/mol. The maximum Gasteiger partial charge on any atom is 0.281 e. The van der Waals surface area contributed by atoms with Gasteiger partial charge < -0.3 is 5.73 Å². The third kappa shape index (κ3) is 2.10. The van der Waals surface area contributed by atoms with E-state index < -0.39 is 6.43 Å². The van der Waals surface area contributed by atoms with Crippen LogP contribution in [0.3, 0.4) is 0 Å². The Morgan fingerprint density at radius 2 is 2.17 bits per heavy atom. The minimum atomic E-state index is -2.52. The molecule has 0 atom stereocenters. The van der Waals surface area contributed by atoms with Gasteiger partial charge in [0.2, 0.25) is 0 Å². The molecule has 0 aliphatic carbocycles. The van der Waals surface area contributed by atoms with Crippen molar-refractivity contribution < 1.29 is 8.78 Å². The van der Waals surface area contributed by atoms with Crippen molar-refractivity contribution in [2.75, 3.05) is 0 Å². The molecule has 1 aromatic heterocycles. The first-order valence-corrected chi connectivity index (χ1v) is 4.36. The third-order valence-electron chi connectivity index (χ3n) is 1.35. The molecule has 0 aromatic carbocycles. The van der Waals surface area contributed by atoms with Gasteiger partial charge in [0, 0.05) is 10.1 Å². The van der Waals surface area contributed by atoms with Crippen molar-refractivity contribution in [3.63, 3.8) is 0 Å².